The highest BCUT2D eigenvalue weighted by Gasteiger charge is 2.12. The molecule has 2 aromatic rings. The van der Waals surface area contributed by atoms with Crippen LogP contribution in [0, 0.1) is 6.92 Å². The summed E-state index contributed by atoms with van der Waals surface area (Å²) in [7, 11) is 0. The Morgan fingerprint density at radius 3 is 2.79 bits per heavy atom. The number of halogens is 2. The lowest BCUT2D eigenvalue weighted by atomic mass is 10.1. The Balaban J connectivity index is 2.04. The Kier molecular flexibility index (Phi) is 9.40. The van der Waals surface area contributed by atoms with Gasteiger partial charge < -0.3 is 15.4 Å². The van der Waals surface area contributed by atoms with E-state index in [1.807, 2.05) is 32.0 Å². The molecule has 0 radical (unpaired) electrons. The fraction of sp³-hybridized carbons (Fsp3) is 0.524. The second-order valence-corrected chi connectivity index (χ2v) is 6.74. The van der Waals surface area contributed by atoms with Crippen molar-refractivity contribution < 1.29 is 13.5 Å². The van der Waals surface area contributed by atoms with Gasteiger partial charge in [0.1, 0.15) is 11.6 Å². The number of aromatic nitrogens is 2. The van der Waals surface area contributed by atoms with Gasteiger partial charge >= 0.3 is 6.55 Å². The normalized spacial score (nSPS) is 11.7. The largest absolute Gasteiger partial charge is 0.493 e. The Morgan fingerprint density at radius 1 is 1.24 bits per heavy atom. The molecule has 0 amide bonds. The molecule has 29 heavy (non-hydrogen) atoms. The molecule has 6 nitrogen and oxygen atoms in total. The van der Waals surface area contributed by atoms with Gasteiger partial charge in [0.15, 0.2) is 5.96 Å². The number of unbranched alkanes of at least 4 members (excludes halogenated alkanes) is 2. The first-order valence-electron chi connectivity index (χ1n) is 10.1. The minimum Gasteiger partial charge on any atom is -0.493 e. The van der Waals surface area contributed by atoms with Crippen molar-refractivity contribution in [1.82, 2.24) is 20.2 Å². The number of hydrogen-bond donors (Lipinski definition) is 2. The lowest BCUT2D eigenvalue weighted by molar-refractivity contribution is 0.0668. The van der Waals surface area contributed by atoms with Gasteiger partial charge in [-0.15, -0.1) is 0 Å². The number of nitrogens with one attached hydrogen (secondary N) is 2. The average Bonchev–Trinajstić information content (AvgIpc) is 3.17. The van der Waals surface area contributed by atoms with Crippen molar-refractivity contribution in [2.24, 2.45) is 4.99 Å². The summed E-state index contributed by atoms with van der Waals surface area (Å²) >= 11 is 0. The molecular weight excluding hydrogens is 376 g/mol. The van der Waals surface area contributed by atoms with Crippen molar-refractivity contribution in [1.29, 1.82) is 0 Å². The maximum absolute atomic E-state index is 13.0. The Bertz CT molecular complexity index is 776. The number of imidazole rings is 1. The van der Waals surface area contributed by atoms with Crippen LogP contribution in [-0.4, -0.2) is 28.7 Å². The van der Waals surface area contributed by atoms with Crippen molar-refractivity contribution in [3.8, 4) is 5.75 Å². The van der Waals surface area contributed by atoms with Gasteiger partial charge in [0.25, 0.3) is 0 Å². The van der Waals surface area contributed by atoms with Crippen molar-refractivity contribution in [2.75, 3.05) is 13.2 Å². The summed E-state index contributed by atoms with van der Waals surface area (Å²) in [6.07, 6.45) is 5.94. The van der Waals surface area contributed by atoms with Crippen molar-refractivity contribution in [3.05, 3.63) is 47.5 Å². The third-order valence-corrected chi connectivity index (χ3v) is 4.35. The molecule has 0 saturated heterocycles. The third-order valence-electron chi connectivity index (χ3n) is 4.35. The van der Waals surface area contributed by atoms with E-state index in [9.17, 15) is 8.78 Å². The number of aliphatic imine (C=N–C) groups is 1. The van der Waals surface area contributed by atoms with E-state index in [0.717, 1.165) is 40.7 Å². The van der Waals surface area contributed by atoms with Gasteiger partial charge in [0.2, 0.25) is 0 Å². The van der Waals surface area contributed by atoms with E-state index >= 15 is 0 Å². The number of ether oxygens (including phenoxy) is 1. The number of nitrogens with zero attached hydrogens (tertiary/aromatic N) is 3. The molecule has 0 fully saturated rings. The topological polar surface area (TPSA) is 63.5 Å². The highest BCUT2D eigenvalue weighted by molar-refractivity contribution is 5.79. The van der Waals surface area contributed by atoms with Gasteiger partial charge in [-0.1, -0.05) is 31.9 Å². The first-order valence-corrected chi connectivity index (χ1v) is 10.1. The number of aryl methyl sites for hydroxylation is 1. The third kappa shape index (κ3) is 7.36. The summed E-state index contributed by atoms with van der Waals surface area (Å²) in [4.78, 5) is 8.56. The van der Waals surface area contributed by atoms with Crippen LogP contribution in [0.25, 0.3) is 0 Å². The van der Waals surface area contributed by atoms with Crippen LogP contribution in [0.1, 0.15) is 56.6 Å². The summed E-state index contributed by atoms with van der Waals surface area (Å²) in [5.41, 5.74) is 2.12. The molecule has 2 rings (SSSR count). The van der Waals surface area contributed by atoms with Crippen molar-refractivity contribution >= 4 is 5.96 Å². The summed E-state index contributed by atoms with van der Waals surface area (Å²) in [6.45, 7) is 5.43. The van der Waals surface area contributed by atoms with Crippen LogP contribution in [0.5, 0.6) is 5.75 Å². The SMILES string of the molecule is CCCCCOc1cc(C)ccc1CN=C(NCC)NCc1nccn1C(F)F. The van der Waals surface area contributed by atoms with Crippen molar-refractivity contribution in [3.63, 3.8) is 0 Å². The van der Waals surface area contributed by atoms with E-state index in [-0.39, 0.29) is 12.4 Å². The van der Waals surface area contributed by atoms with Crippen LogP contribution in [-0.2, 0) is 13.1 Å². The van der Waals surface area contributed by atoms with Crippen LogP contribution in [0.4, 0.5) is 8.78 Å². The first kappa shape index (κ1) is 22.6. The standard InChI is InChI=1S/C21H31F2N5O/c1-4-6-7-12-29-18-13-16(3)8-9-17(18)14-26-21(24-5-2)27-15-19-25-10-11-28(19)20(22)23/h8-11,13,20H,4-7,12,14-15H2,1-3H3,(H2,24,26,27). The fourth-order valence-corrected chi connectivity index (χ4v) is 2.79. The quantitative estimate of drug-likeness (QED) is 0.329. The van der Waals surface area contributed by atoms with Crippen molar-refractivity contribution in [2.45, 2.75) is 59.7 Å². The van der Waals surface area contributed by atoms with Gasteiger partial charge in [-0.2, -0.15) is 8.78 Å². The van der Waals surface area contributed by atoms with E-state index in [1.54, 1.807) is 0 Å². The molecule has 0 bridgehead atoms. The number of guanidine groups is 1. The van der Waals surface area contributed by atoms with E-state index in [2.05, 4.69) is 27.5 Å². The lowest BCUT2D eigenvalue weighted by Crippen LogP contribution is -2.37. The lowest BCUT2D eigenvalue weighted by Gasteiger charge is -2.14. The zero-order valence-electron chi connectivity index (χ0n) is 17.4. The molecule has 0 saturated carbocycles. The second-order valence-electron chi connectivity index (χ2n) is 6.74. The number of alkyl halides is 2. The molecular formula is C21H31F2N5O. The van der Waals surface area contributed by atoms with Gasteiger partial charge in [-0.05, 0) is 31.9 Å². The first-order chi connectivity index (χ1) is 14.0. The summed E-state index contributed by atoms with van der Waals surface area (Å²) < 4.78 is 32.7. The second kappa shape index (κ2) is 12.0. The Labute approximate surface area is 171 Å². The zero-order valence-corrected chi connectivity index (χ0v) is 17.4. The summed E-state index contributed by atoms with van der Waals surface area (Å²) in [5.74, 6) is 1.63. The Hall–Kier alpha value is -2.64. The van der Waals surface area contributed by atoms with E-state index in [1.165, 1.54) is 12.4 Å². The molecule has 1 aromatic heterocycles. The monoisotopic (exact) mass is 407 g/mol. The summed E-state index contributed by atoms with van der Waals surface area (Å²) in [6, 6.07) is 6.07. The van der Waals surface area contributed by atoms with E-state index < -0.39 is 6.55 Å². The predicted molar refractivity (Wildman–Crippen MR) is 111 cm³/mol. The minimum atomic E-state index is -2.62. The zero-order chi connectivity index (χ0) is 21.1. The van der Waals surface area contributed by atoms with Crippen LogP contribution in [0.15, 0.2) is 35.6 Å². The van der Waals surface area contributed by atoms with Crippen LogP contribution >= 0.6 is 0 Å². The molecule has 8 heteroatoms. The minimum absolute atomic E-state index is 0.150. The van der Waals surface area contributed by atoms with E-state index in [0.29, 0.717) is 25.7 Å². The highest BCUT2D eigenvalue weighted by atomic mass is 19.3. The number of rotatable bonds is 11. The van der Waals surface area contributed by atoms with Crippen LogP contribution in [0.2, 0.25) is 0 Å². The van der Waals surface area contributed by atoms with Gasteiger partial charge in [-0.25, -0.2) is 9.98 Å². The molecule has 1 heterocycles. The fourth-order valence-electron chi connectivity index (χ4n) is 2.79. The Morgan fingerprint density at radius 2 is 2.07 bits per heavy atom. The molecule has 1 aromatic carbocycles. The van der Waals surface area contributed by atoms with Gasteiger partial charge in [0, 0.05) is 24.5 Å². The maximum Gasteiger partial charge on any atom is 0.319 e. The molecule has 0 unspecified atom stereocenters. The molecule has 0 aliphatic rings. The van der Waals surface area contributed by atoms with Gasteiger partial charge in [0.05, 0.1) is 19.7 Å². The highest BCUT2D eigenvalue weighted by Crippen LogP contribution is 2.22. The molecule has 2 N–H and O–H groups in total. The van der Waals surface area contributed by atoms with Gasteiger partial charge in [-0.3, -0.25) is 4.57 Å². The smallest absolute Gasteiger partial charge is 0.319 e. The number of hydrogen-bond acceptors (Lipinski definition) is 3. The predicted octanol–water partition coefficient (Wildman–Crippen LogP) is 4.41. The molecule has 0 spiro atoms. The molecule has 0 aliphatic heterocycles. The van der Waals surface area contributed by atoms with Crippen LogP contribution in [0.3, 0.4) is 0 Å². The molecule has 0 aliphatic carbocycles. The summed E-state index contributed by atoms with van der Waals surface area (Å²) in [5, 5.41) is 6.19. The average molecular weight is 408 g/mol. The number of benzene rings is 1. The van der Waals surface area contributed by atoms with E-state index in [4.69, 9.17) is 4.74 Å². The molecule has 160 valence electrons. The maximum atomic E-state index is 13.0. The molecule has 0 atom stereocenters. The van der Waals surface area contributed by atoms with Crippen LogP contribution < -0.4 is 15.4 Å².